The Balaban J connectivity index is 0.00000272. The molecule has 1 saturated carbocycles. The molecule has 0 radical (unpaired) electrons. The van der Waals surface area contributed by atoms with Gasteiger partial charge >= 0.3 is 0 Å². The molecule has 0 bridgehead atoms. The van der Waals surface area contributed by atoms with Gasteiger partial charge in [0.05, 0.1) is 6.54 Å². The number of nitrogens with zero attached hydrogens (tertiary/aromatic N) is 7. The predicted octanol–water partition coefficient (Wildman–Crippen LogP) is 2.84. The van der Waals surface area contributed by atoms with Crippen molar-refractivity contribution in [1.29, 1.82) is 0 Å². The van der Waals surface area contributed by atoms with Crippen molar-refractivity contribution >= 4 is 29.9 Å². The van der Waals surface area contributed by atoms with Gasteiger partial charge < -0.3 is 15.2 Å². The number of rotatable bonds is 5. The highest BCUT2D eigenvalue weighted by Crippen LogP contribution is 2.19. The summed E-state index contributed by atoms with van der Waals surface area (Å²) in [6.07, 6.45) is 8.31. The van der Waals surface area contributed by atoms with Gasteiger partial charge in [-0.3, -0.25) is 0 Å². The minimum atomic E-state index is 0. The first-order chi connectivity index (χ1) is 14.5. The summed E-state index contributed by atoms with van der Waals surface area (Å²) < 4.78 is 4.07. The molecule has 1 aliphatic carbocycles. The fraction of sp³-hybridized carbons (Fsp3) is 0.762. The summed E-state index contributed by atoms with van der Waals surface area (Å²) >= 11 is 0. The topological polar surface area (TPSA) is 97.8 Å². The molecule has 2 aliphatic rings. The maximum atomic E-state index is 4.87. The SMILES string of the molecule is Cc1nnc(CN=C(NC2CCCCC2)NC2CCc3nc(C(C)C)nn3C2)n1C.I. The maximum absolute atomic E-state index is 4.87. The number of nitrogens with one attached hydrogen (secondary N) is 2. The zero-order chi connectivity index (χ0) is 21.1. The van der Waals surface area contributed by atoms with Crippen molar-refractivity contribution in [2.75, 3.05) is 0 Å². The van der Waals surface area contributed by atoms with Gasteiger partial charge in [0.2, 0.25) is 0 Å². The number of guanidine groups is 1. The van der Waals surface area contributed by atoms with E-state index >= 15 is 0 Å². The van der Waals surface area contributed by atoms with E-state index in [1.165, 1.54) is 32.1 Å². The van der Waals surface area contributed by atoms with Gasteiger partial charge in [0.1, 0.15) is 18.2 Å². The fourth-order valence-electron chi connectivity index (χ4n) is 4.20. The maximum Gasteiger partial charge on any atom is 0.192 e. The molecule has 172 valence electrons. The average Bonchev–Trinajstić information content (AvgIpc) is 3.30. The van der Waals surface area contributed by atoms with Crippen LogP contribution in [0.2, 0.25) is 0 Å². The largest absolute Gasteiger partial charge is 0.354 e. The highest BCUT2D eigenvalue weighted by molar-refractivity contribution is 14.0. The van der Waals surface area contributed by atoms with Crippen LogP contribution in [0.4, 0.5) is 0 Å². The predicted molar refractivity (Wildman–Crippen MR) is 132 cm³/mol. The van der Waals surface area contributed by atoms with Crippen molar-refractivity contribution < 1.29 is 0 Å². The van der Waals surface area contributed by atoms with Crippen molar-refractivity contribution in [2.45, 2.75) is 96.8 Å². The summed E-state index contributed by atoms with van der Waals surface area (Å²) in [5.41, 5.74) is 0. The molecule has 2 aromatic heterocycles. The Labute approximate surface area is 201 Å². The van der Waals surface area contributed by atoms with E-state index in [1.54, 1.807) is 0 Å². The number of hydrogen-bond acceptors (Lipinski definition) is 5. The number of aromatic nitrogens is 6. The lowest BCUT2D eigenvalue weighted by molar-refractivity contribution is 0.378. The third-order valence-corrected chi connectivity index (χ3v) is 6.24. The zero-order valence-corrected chi connectivity index (χ0v) is 21.5. The normalized spacial score (nSPS) is 19.8. The van der Waals surface area contributed by atoms with Crippen LogP contribution in [0.5, 0.6) is 0 Å². The quantitative estimate of drug-likeness (QED) is 0.343. The molecule has 0 spiro atoms. The summed E-state index contributed by atoms with van der Waals surface area (Å²) in [6.45, 7) is 7.58. The zero-order valence-electron chi connectivity index (χ0n) is 19.1. The van der Waals surface area contributed by atoms with Crippen LogP contribution in [0, 0.1) is 6.92 Å². The van der Waals surface area contributed by atoms with Crippen molar-refractivity contribution in [3.8, 4) is 0 Å². The van der Waals surface area contributed by atoms with Crippen molar-refractivity contribution in [2.24, 2.45) is 12.0 Å². The third-order valence-electron chi connectivity index (χ3n) is 6.24. The molecule has 3 heterocycles. The summed E-state index contributed by atoms with van der Waals surface area (Å²) in [7, 11) is 1.99. The Bertz CT molecular complexity index is 880. The molecule has 31 heavy (non-hydrogen) atoms. The van der Waals surface area contributed by atoms with Crippen LogP contribution in [0.15, 0.2) is 4.99 Å². The van der Waals surface area contributed by atoms with Crippen LogP contribution < -0.4 is 10.6 Å². The smallest absolute Gasteiger partial charge is 0.192 e. The van der Waals surface area contributed by atoms with E-state index < -0.39 is 0 Å². The molecule has 0 aromatic carbocycles. The van der Waals surface area contributed by atoms with E-state index in [1.807, 2.05) is 18.5 Å². The van der Waals surface area contributed by atoms with Crippen LogP contribution in [0.3, 0.4) is 0 Å². The van der Waals surface area contributed by atoms with E-state index in [9.17, 15) is 0 Å². The van der Waals surface area contributed by atoms with Gasteiger partial charge in [0, 0.05) is 31.5 Å². The molecule has 1 fully saturated rings. The van der Waals surface area contributed by atoms with Gasteiger partial charge in [0.15, 0.2) is 17.6 Å². The molecule has 1 aliphatic heterocycles. The van der Waals surface area contributed by atoms with Crippen LogP contribution in [0.1, 0.15) is 81.6 Å². The van der Waals surface area contributed by atoms with Crippen LogP contribution in [0.25, 0.3) is 0 Å². The Morgan fingerprint density at radius 2 is 1.84 bits per heavy atom. The molecule has 2 N–H and O–H groups in total. The highest BCUT2D eigenvalue weighted by atomic mass is 127. The Morgan fingerprint density at radius 1 is 1.10 bits per heavy atom. The summed E-state index contributed by atoms with van der Waals surface area (Å²) in [6, 6.07) is 0.777. The monoisotopic (exact) mass is 541 g/mol. The molecular formula is C21H36IN9. The van der Waals surface area contributed by atoms with E-state index in [-0.39, 0.29) is 30.0 Å². The second kappa shape index (κ2) is 10.7. The number of aliphatic imine (C=N–C) groups is 1. The first-order valence-electron chi connectivity index (χ1n) is 11.4. The average molecular weight is 541 g/mol. The summed E-state index contributed by atoms with van der Waals surface area (Å²) in [5.74, 6) is 5.06. The standard InChI is InChI=1S/C21H35N9.HI/c1-14(2)20-25-18-11-10-17(13-30(18)28-20)24-21(23-16-8-6-5-7-9-16)22-12-19-27-26-15(3)29(19)4;/h14,16-17H,5-13H2,1-4H3,(H2,22,23,24);1H. The van der Waals surface area contributed by atoms with Gasteiger partial charge in [-0.15, -0.1) is 34.2 Å². The molecule has 0 saturated heterocycles. The number of halogens is 1. The van der Waals surface area contributed by atoms with Gasteiger partial charge in [0.25, 0.3) is 0 Å². The van der Waals surface area contributed by atoms with Crippen molar-refractivity contribution in [3.63, 3.8) is 0 Å². The lowest BCUT2D eigenvalue weighted by atomic mass is 9.96. The Morgan fingerprint density at radius 3 is 2.52 bits per heavy atom. The molecule has 1 unspecified atom stereocenters. The molecular weight excluding hydrogens is 505 g/mol. The molecule has 4 rings (SSSR count). The van der Waals surface area contributed by atoms with Crippen LogP contribution >= 0.6 is 24.0 Å². The van der Waals surface area contributed by atoms with Gasteiger partial charge in [-0.2, -0.15) is 5.10 Å². The van der Waals surface area contributed by atoms with Gasteiger partial charge in [-0.1, -0.05) is 33.1 Å². The molecule has 1 atom stereocenters. The molecule has 9 nitrogen and oxygen atoms in total. The second-order valence-corrected chi connectivity index (χ2v) is 8.97. The minimum absolute atomic E-state index is 0. The van der Waals surface area contributed by atoms with Gasteiger partial charge in [-0.05, 0) is 26.2 Å². The second-order valence-electron chi connectivity index (χ2n) is 8.97. The first-order valence-corrected chi connectivity index (χ1v) is 11.4. The number of hydrogen-bond donors (Lipinski definition) is 2. The Hall–Kier alpha value is -1.72. The van der Waals surface area contributed by atoms with Crippen LogP contribution in [-0.4, -0.2) is 47.6 Å². The van der Waals surface area contributed by atoms with E-state index in [2.05, 4.69) is 39.4 Å². The van der Waals surface area contributed by atoms with Crippen LogP contribution in [-0.2, 0) is 26.6 Å². The lowest BCUT2D eigenvalue weighted by Gasteiger charge is -2.29. The van der Waals surface area contributed by atoms with E-state index in [0.717, 1.165) is 48.6 Å². The van der Waals surface area contributed by atoms with Crippen molar-refractivity contribution in [3.05, 3.63) is 23.3 Å². The third kappa shape index (κ3) is 5.95. The van der Waals surface area contributed by atoms with E-state index in [4.69, 9.17) is 15.1 Å². The van der Waals surface area contributed by atoms with Crippen molar-refractivity contribution in [1.82, 2.24) is 40.2 Å². The number of fused-ring (bicyclic) bond motifs is 1. The summed E-state index contributed by atoms with van der Waals surface area (Å²) in [4.78, 5) is 9.58. The van der Waals surface area contributed by atoms with Gasteiger partial charge in [-0.25, -0.2) is 14.7 Å². The summed E-state index contributed by atoms with van der Waals surface area (Å²) in [5, 5.41) is 20.5. The fourth-order valence-corrected chi connectivity index (χ4v) is 4.20. The Kier molecular flexibility index (Phi) is 8.29. The molecule has 10 heteroatoms. The first kappa shape index (κ1) is 23.9. The molecule has 2 aromatic rings. The lowest BCUT2D eigenvalue weighted by Crippen LogP contribution is -2.50. The molecule has 0 amide bonds. The minimum Gasteiger partial charge on any atom is -0.354 e. The van der Waals surface area contributed by atoms with E-state index in [0.29, 0.717) is 18.5 Å². The number of aryl methyl sites for hydroxylation is 2. The highest BCUT2D eigenvalue weighted by Gasteiger charge is 2.24.